The highest BCUT2D eigenvalue weighted by Gasteiger charge is 2.22. The number of aromatic nitrogens is 2. The number of carbonyl (C=O) groups excluding carboxylic acids is 1. The summed E-state index contributed by atoms with van der Waals surface area (Å²) in [6, 6.07) is 16.7. The van der Waals surface area contributed by atoms with Gasteiger partial charge in [0.05, 0.1) is 26.2 Å². The first-order chi connectivity index (χ1) is 16.0. The smallest absolute Gasteiger partial charge is 0.272 e. The van der Waals surface area contributed by atoms with Gasteiger partial charge in [-0.2, -0.15) is 5.10 Å². The average molecular weight is 449 g/mol. The summed E-state index contributed by atoms with van der Waals surface area (Å²) in [6.07, 6.45) is 2.17. The third-order valence-corrected chi connectivity index (χ3v) is 5.30. The molecule has 2 aromatic heterocycles. The standard InChI is InChI=1S/C25H24FN3O4/c1-28(13-12-17-6-11-23(31-2)24(15-17)32-3)25(30)21-16-20(22-5-4-14-33-22)27-29(21)19-9-7-18(26)8-10-19/h4-11,14-16H,12-13H2,1-3H3. The van der Waals surface area contributed by atoms with Crippen molar-refractivity contribution in [1.29, 1.82) is 0 Å². The molecule has 4 rings (SSSR count). The molecule has 0 fully saturated rings. The number of methoxy groups -OCH3 is 2. The molecule has 0 radical (unpaired) electrons. The maximum absolute atomic E-state index is 13.4. The first kappa shape index (κ1) is 22.1. The van der Waals surface area contributed by atoms with Crippen LogP contribution in [-0.2, 0) is 6.42 Å². The molecule has 0 spiro atoms. The molecule has 4 aromatic rings. The summed E-state index contributed by atoms with van der Waals surface area (Å²) < 4.78 is 31.0. The highest BCUT2D eigenvalue weighted by molar-refractivity contribution is 5.94. The lowest BCUT2D eigenvalue weighted by molar-refractivity contribution is 0.0787. The van der Waals surface area contributed by atoms with Gasteiger partial charge in [0.25, 0.3) is 5.91 Å². The predicted octanol–water partition coefficient (Wildman–Crippen LogP) is 4.60. The largest absolute Gasteiger partial charge is 0.493 e. The lowest BCUT2D eigenvalue weighted by Crippen LogP contribution is -2.30. The minimum absolute atomic E-state index is 0.217. The zero-order valence-corrected chi connectivity index (χ0v) is 18.6. The number of benzene rings is 2. The van der Waals surface area contributed by atoms with E-state index in [-0.39, 0.29) is 11.7 Å². The van der Waals surface area contributed by atoms with Gasteiger partial charge in [-0.05, 0) is 60.5 Å². The van der Waals surface area contributed by atoms with Crippen LogP contribution in [0.4, 0.5) is 4.39 Å². The van der Waals surface area contributed by atoms with Crippen LogP contribution in [0.25, 0.3) is 17.1 Å². The Hall–Kier alpha value is -4.07. The van der Waals surface area contributed by atoms with Crippen molar-refractivity contribution in [1.82, 2.24) is 14.7 Å². The molecule has 0 saturated carbocycles. The number of nitrogens with zero attached hydrogens (tertiary/aromatic N) is 3. The van der Waals surface area contributed by atoms with E-state index < -0.39 is 0 Å². The van der Waals surface area contributed by atoms with Crippen LogP contribution in [0, 0.1) is 5.82 Å². The summed E-state index contributed by atoms with van der Waals surface area (Å²) in [5.74, 6) is 1.25. The number of carbonyl (C=O) groups is 1. The predicted molar refractivity (Wildman–Crippen MR) is 121 cm³/mol. The molecule has 0 aliphatic heterocycles. The van der Waals surface area contributed by atoms with E-state index in [9.17, 15) is 9.18 Å². The van der Waals surface area contributed by atoms with Gasteiger partial charge in [0.2, 0.25) is 0 Å². The third kappa shape index (κ3) is 4.74. The van der Waals surface area contributed by atoms with E-state index >= 15 is 0 Å². The number of hydrogen-bond acceptors (Lipinski definition) is 5. The van der Waals surface area contributed by atoms with Crippen molar-refractivity contribution in [2.24, 2.45) is 0 Å². The first-order valence-electron chi connectivity index (χ1n) is 10.4. The van der Waals surface area contributed by atoms with Gasteiger partial charge in [-0.3, -0.25) is 4.79 Å². The number of likely N-dealkylation sites (N-methyl/N-ethyl adjacent to an activating group) is 1. The van der Waals surface area contributed by atoms with Gasteiger partial charge in [0.1, 0.15) is 17.2 Å². The minimum atomic E-state index is -0.364. The van der Waals surface area contributed by atoms with E-state index in [0.29, 0.717) is 47.3 Å². The second kappa shape index (κ2) is 9.60. The third-order valence-electron chi connectivity index (χ3n) is 5.30. The van der Waals surface area contributed by atoms with E-state index in [0.717, 1.165) is 5.56 Å². The fourth-order valence-corrected chi connectivity index (χ4v) is 3.49. The van der Waals surface area contributed by atoms with Gasteiger partial charge in [0, 0.05) is 19.7 Å². The van der Waals surface area contributed by atoms with Crippen LogP contribution in [-0.4, -0.2) is 48.4 Å². The van der Waals surface area contributed by atoms with Gasteiger partial charge in [-0.15, -0.1) is 0 Å². The fraction of sp³-hybridized carbons (Fsp3) is 0.200. The molecule has 33 heavy (non-hydrogen) atoms. The summed E-state index contributed by atoms with van der Waals surface area (Å²) in [6.45, 7) is 0.471. The van der Waals surface area contributed by atoms with Crippen molar-refractivity contribution in [2.75, 3.05) is 27.8 Å². The summed E-state index contributed by atoms with van der Waals surface area (Å²) in [5, 5.41) is 4.54. The number of hydrogen-bond donors (Lipinski definition) is 0. The van der Waals surface area contributed by atoms with Gasteiger partial charge in [-0.1, -0.05) is 6.07 Å². The van der Waals surface area contributed by atoms with Crippen LogP contribution in [0.2, 0.25) is 0 Å². The second-order valence-corrected chi connectivity index (χ2v) is 7.45. The zero-order chi connectivity index (χ0) is 23.4. The highest BCUT2D eigenvalue weighted by atomic mass is 19.1. The fourth-order valence-electron chi connectivity index (χ4n) is 3.49. The van der Waals surface area contributed by atoms with Crippen molar-refractivity contribution in [2.45, 2.75) is 6.42 Å². The molecule has 7 nitrogen and oxygen atoms in total. The summed E-state index contributed by atoms with van der Waals surface area (Å²) in [7, 11) is 4.91. The molecule has 0 N–H and O–H groups in total. The van der Waals surface area contributed by atoms with Gasteiger partial charge >= 0.3 is 0 Å². The SMILES string of the molecule is COc1ccc(CCN(C)C(=O)c2cc(-c3ccco3)nn2-c2ccc(F)cc2)cc1OC. The van der Waals surface area contributed by atoms with E-state index in [1.54, 1.807) is 62.8 Å². The normalized spacial score (nSPS) is 10.8. The topological polar surface area (TPSA) is 69.7 Å². The molecule has 2 aromatic carbocycles. The number of rotatable bonds is 8. The van der Waals surface area contributed by atoms with Crippen LogP contribution in [0.15, 0.2) is 71.3 Å². The summed E-state index contributed by atoms with van der Waals surface area (Å²) in [5.41, 5.74) is 2.45. The van der Waals surface area contributed by atoms with Crippen molar-refractivity contribution < 1.29 is 23.1 Å². The monoisotopic (exact) mass is 449 g/mol. The molecule has 8 heteroatoms. The maximum Gasteiger partial charge on any atom is 0.272 e. The molecule has 0 bridgehead atoms. The van der Waals surface area contributed by atoms with Crippen molar-refractivity contribution in [3.63, 3.8) is 0 Å². The Morgan fingerprint density at radius 1 is 1.06 bits per heavy atom. The van der Waals surface area contributed by atoms with E-state index in [1.807, 2.05) is 18.2 Å². The molecule has 1 amide bonds. The molecular formula is C25H24FN3O4. The Morgan fingerprint density at radius 2 is 1.82 bits per heavy atom. The van der Waals surface area contributed by atoms with Gasteiger partial charge in [0.15, 0.2) is 17.3 Å². The quantitative estimate of drug-likeness (QED) is 0.393. The van der Waals surface area contributed by atoms with Crippen molar-refractivity contribution in [3.05, 3.63) is 84.0 Å². The Morgan fingerprint density at radius 3 is 2.48 bits per heavy atom. The van der Waals surface area contributed by atoms with E-state index in [2.05, 4.69) is 5.10 Å². The number of amides is 1. The number of halogens is 1. The van der Waals surface area contributed by atoms with Crippen LogP contribution in [0.3, 0.4) is 0 Å². The van der Waals surface area contributed by atoms with Crippen LogP contribution >= 0.6 is 0 Å². The Labute approximate surface area is 191 Å². The first-order valence-corrected chi connectivity index (χ1v) is 10.4. The average Bonchev–Trinajstić information content (AvgIpc) is 3.52. The van der Waals surface area contributed by atoms with E-state index in [1.165, 1.54) is 16.8 Å². The van der Waals surface area contributed by atoms with E-state index in [4.69, 9.17) is 13.9 Å². The molecule has 2 heterocycles. The molecule has 0 aliphatic rings. The number of furan rings is 1. The van der Waals surface area contributed by atoms with Gasteiger partial charge in [-0.25, -0.2) is 9.07 Å². The maximum atomic E-state index is 13.4. The molecular weight excluding hydrogens is 425 g/mol. The van der Waals surface area contributed by atoms with Crippen LogP contribution in [0.1, 0.15) is 16.1 Å². The van der Waals surface area contributed by atoms with Crippen LogP contribution < -0.4 is 9.47 Å². The molecule has 0 atom stereocenters. The Balaban J connectivity index is 1.58. The number of ether oxygens (including phenoxy) is 2. The Bertz CT molecular complexity index is 1230. The molecule has 170 valence electrons. The molecule has 0 aliphatic carbocycles. The second-order valence-electron chi connectivity index (χ2n) is 7.45. The highest BCUT2D eigenvalue weighted by Crippen LogP contribution is 2.28. The lowest BCUT2D eigenvalue weighted by Gasteiger charge is -2.18. The Kier molecular flexibility index (Phi) is 6.44. The lowest BCUT2D eigenvalue weighted by atomic mass is 10.1. The minimum Gasteiger partial charge on any atom is -0.493 e. The van der Waals surface area contributed by atoms with Crippen molar-refractivity contribution in [3.8, 4) is 28.6 Å². The zero-order valence-electron chi connectivity index (χ0n) is 18.6. The summed E-state index contributed by atoms with van der Waals surface area (Å²) in [4.78, 5) is 15.0. The van der Waals surface area contributed by atoms with Crippen LogP contribution in [0.5, 0.6) is 11.5 Å². The molecule has 0 unspecified atom stereocenters. The molecule has 0 saturated heterocycles. The van der Waals surface area contributed by atoms with Gasteiger partial charge < -0.3 is 18.8 Å². The summed E-state index contributed by atoms with van der Waals surface area (Å²) >= 11 is 0. The van der Waals surface area contributed by atoms with Crippen molar-refractivity contribution >= 4 is 5.91 Å².